The highest BCUT2D eigenvalue weighted by atomic mass is 16.4. The Balaban J connectivity index is 1.53. The Hall–Kier alpha value is -2.67. The normalized spacial score (nSPS) is 25.1. The highest BCUT2D eigenvalue weighted by molar-refractivity contribution is 5.95. The van der Waals surface area contributed by atoms with E-state index < -0.39 is 11.4 Å². The van der Waals surface area contributed by atoms with Crippen LogP contribution in [0.2, 0.25) is 0 Å². The molecule has 25 heavy (non-hydrogen) atoms. The number of fused-ring (bicyclic) bond motifs is 1. The molecule has 3 heterocycles. The Labute approximate surface area is 145 Å². The van der Waals surface area contributed by atoms with Gasteiger partial charge < -0.3 is 15.3 Å². The van der Waals surface area contributed by atoms with Crippen LogP contribution in [0.1, 0.15) is 15.9 Å². The fraction of sp³-hybridized carbons (Fsp3) is 0.389. The van der Waals surface area contributed by atoms with E-state index in [0.717, 1.165) is 5.56 Å². The van der Waals surface area contributed by atoms with E-state index in [9.17, 15) is 14.7 Å². The van der Waals surface area contributed by atoms with E-state index in [4.69, 9.17) is 0 Å². The van der Waals surface area contributed by atoms with Crippen LogP contribution in [0.15, 0.2) is 42.7 Å². The predicted octanol–water partition coefficient (Wildman–Crippen LogP) is 0.678. The van der Waals surface area contributed by atoms with Crippen LogP contribution in [0.4, 0.5) is 0 Å². The van der Waals surface area contributed by atoms with Crippen molar-refractivity contribution in [3.8, 4) is 0 Å². The van der Waals surface area contributed by atoms with Gasteiger partial charge in [0.1, 0.15) is 5.41 Å². The number of rotatable bonds is 4. The molecule has 0 spiro atoms. The van der Waals surface area contributed by atoms with Crippen molar-refractivity contribution in [2.24, 2.45) is 11.3 Å². The van der Waals surface area contributed by atoms with Crippen molar-refractivity contribution < 1.29 is 14.7 Å². The number of benzene rings is 1. The smallest absolute Gasteiger partial charge is 0.313 e. The van der Waals surface area contributed by atoms with Crippen molar-refractivity contribution >= 4 is 11.9 Å². The molecule has 7 heteroatoms. The Morgan fingerprint density at radius 2 is 2.24 bits per heavy atom. The van der Waals surface area contributed by atoms with Gasteiger partial charge in [-0.2, -0.15) is 5.10 Å². The Morgan fingerprint density at radius 1 is 1.36 bits per heavy atom. The lowest BCUT2D eigenvalue weighted by Gasteiger charge is -2.22. The number of aliphatic carboxylic acids is 1. The molecule has 4 rings (SSSR count). The maximum atomic E-state index is 12.9. The number of likely N-dealkylation sites (tertiary alicyclic amines) is 1. The molecule has 0 radical (unpaired) electrons. The molecule has 2 N–H and O–H groups in total. The van der Waals surface area contributed by atoms with Gasteiger partial charge in [-0.05, 0) is 23.8 Å². The number of nitrogens with one attached hydrogen (secondary N) is 1. The summed E-state index contributed by atoms with van der Waals surface area (Å²) in [7, 11) is 0. The molecule has 0 aliphatic carbocycles. The van der Waals surface area contributed by atoms with Crippen LogP contribution in [-0.2, 0) is 11.3 Å². The molecule has 1 amide bonds. The number of carbonyl (C=O) groups is 2. The second-order valence-corrected chi connectivity index (χ2v) is 6.88. The van der Waals surface area contributed by atoms with Gasteiger partial charge in [0.2, 0.25) is 0 Å². The molecule has 0 bridgehead atoms. The van der Waals surface area contributed by atoms with E-state index >= 15 is 0 Å². The average Bonchev–Trinajstić information content (AvgIpc) is 3.29. The Morgan fingerprint density at radius 3 is 2.96 bits per heavy atom. The first kappa shape index (κ1) is 15.8. The maximum Gasteiger partial charge on any atom is 0.313 e. The largest absolute Gasteiger partial charge is 0.481 e. The lowest BCUT2D eigenvalue weighted by Crippen LogP contribution is -2.41. The summed E-state index contributed by atoms with van der Waals surface area (Å²) >= 11 is 0. The predicted molar refractivity (Wildman–Crippen MR) is 90.1 cm³/mol. The van der Waals surface area contributed by atoms with Crippen molar-refractivity contribution in [3.63, 3.8) is 0 Å². The molecule has 2 fully saturated rings. The van der Waals surface area contributed by atoms with Gasteiger partial charge in [-0.1, -0.05) is 12.1 Å². The molecular formula is C18H20N4O3. The van der Waals surface area contributed by atoms with Gasteiger partial charge in [-0.25, -0.2) is 0 Å². The minimum atomic E-state index is -0.845. The molecule has 2 atom stereocenters. The van der Waals surface area contributed by atoms with E-state index in [-0.39, 0.29) is 18.4 Å². The number of hydrogen-bond acceptors (Lipinski definition) is 4. The van der Waals surface area contributed by atoms with Crippen LogP contribution in [0, 0.1) is 11.3 Å². The van der Waals surface area contributed by atoms with Crippen LogP contribution < -0.4 is 5.32 Å². The van der Waals surface area contributed by atoms with Crippen LogP contribution in [0.5, 0.6) is 0 Å². The fourth-order valence-corrected chi connectivity index (χ4v) is 3.94. The summed E-state index contributed by atoms with van der Waals surface area (Å²) in [5.41, 5.74) is 0.740. The number of hydrogen-bond donors (Lipinski definition) is 2. The van der Waals surface area contributed by atoms with Crippen LogP contribution in [-0.4, -0.2) is 57.8 Å². The molecule has 2 saturated heterocycles. The van der Waals surface area contributed by atoms with Gasteiger partial charge in [-0.15, -0.1) is 0 Å². The van der Waals surface area contributed by atoms with Crippen LogP contribution >= 0.6 is 0 Å². The van der Waals surface area contributed by atoms with Crippen molar-refractivity contribution in [3.05, 3.63) is 53.9 Å². The van der Waals surface area contributed by atoms with Gasteiger partial charge >= 0.3 is 5.97 Å². The maximum absolute atomic E-state index is 12.9. The minimum absolute atomic E-state index is 0.0267. The van der Waals surface area contributed by atoms with Crippen LogP contribution in [0.3, 0.4) is 0 Å². The quantitative estimate of drug-likeness (QED) is 0.854. The Bertz CT molecular complexity index is 804. The summed E-state index contributed by atoms with van der Waals surface area (Å²) in [6, 6.07) is 9.33. The number of aromatic nitrogens is 2. The number of carboxylic acids is 1. The Kier molecular flexibility index (Phi) is 3.80. The zero-order valence-corrected chi connectivity index (χ0v) is 13.8. The molecule has 1 aromatic heterocycles. The number of carbonyl (C=O) groups excluding carboxylic acids is 1. The topological polar surface area (TPSA) is 87.5 Å². The lowest BCUT2D eigenvalue weighted by atomic mass is 9.81. The number of nitrogens with zero attached hydrogens (tertiary/aromatic N) is 3. The molecule has 2 aliphatic rings. The van der Waals surface area contributed by atoms with E-state index in [1.54, 1.807) is 21.8 Å². The first-order valence-corrected chi connectivity index (χ1v) is 8.38. The van der Waals surface area contributed by atoms with Gasteiger partial charge in [0.25, 0.3) is 5.91 Å². The minimum Gasteiger partial charge on any atom is -0.481 e. The molecule has 7 nitrogen and oxygen atoms in total. The highest BCUT2D eigenvalue weighted by Gasteiger charge is 2.56. The first-order valence-electron chi connectivity index (χ1n) is 8.38. The molecule has 0 saturated carbocycles. The zero-order chi connectivity index (χ0) is 17.4. The standard InChI is InChI=1S/C18H20N4O3/c23-16(21-10-15-8-19-11-18(15,12-21)17(24)25)14-4-1-3-13(7-14)9-22-6-2-5-20-22/h1-7,15,19H,8-12H2,(H,24,25)/t15-,18-/m0/s1. The SMILES string of the molecule is O=C(c1cccc(Cn2cccn2)c1)N1C[C@@H]2CNC[C@]2(C(=O)O)C1. The third-order valence-electron chi connectivity index (χ3n) is 5.32. The summed E-state index contributed by atoms with van der Waals surface area (Å²) in [6.45, 7) is 2.43. The summed E-state index contributed by atoms with van der Waals surface area (Å²) in [5, 5.41) is 17.0. The average molecular weight is 340 g/mol. The van der Waals surface area contributed by atoms with E-state index in [1.165, 1.54) is 0 Å². The fourth-order valence-electron chi connectivity index (χ4n) is 3.94. The van der Waals surface area contributed by atoms with E-state index in [2.05, 4.69) is 10.4 Å². The third-order valence-corrected chi connectivity index (χ3v) is 5.32. The molecule has 130 valence electrons. The van der Waals surface area contributed by atoms with Gasteiger partial charge in [0, 0.05) is 50.1 Å². The summed E-state index contributed by atoms with van der Waals surface area (Å²) in [6.07, 6.45) is 3.59. The van der Waals surface area contributed by atoms with Gasteiger partial charge in [-0.3, -0.25) is 14.3 Å². The van der Waals surface area contributed by atoms with Gasteiger partial charge in [0.05, 0.1) is 6.54 Å². The number of carboxylic acid groups (broad SMARTS) is 1. The second kappa shape index (κ2) is 6.00. The summed E-state index contributed by atoms with van der Waals surface area (Å²) in [5.74, 6) is -0.941. The highest BCUT2D eigenvalue weighted by Crippen LogP contribution is 2.39. The van der Waals surface area contributed by atoms with Crippen molar-refractivity contribution in [1.29, 1.82) is 0 Å². The first-order chi connectivity index (χ1) is 12.1. The van der Waals surface area contributed by atoms with Crippen molar-refractivity contribution in [2.45, 2.75) is 6.54 Å². The van der Waals surface area contributed by atoms with E-state index in [1.807, 2.05) is 30.5 Å². The summed E-state index contributed by atoms with van der Waals surface area (Å²) in [4.78, 5) is 26.3. The lowest BCUT2D eigenvalue weighted by molar-refractivity contribution is -0.148. The molecular weight excluding hydrogens is 320 g/mol. The molecule has 2 aromatic rings. The third kappa shape index (κ3) is 2.70. The molecule has 2 aliphatic heterocycles. The summed E-state index contributed by atoms with van der Waals surface area (Å²) < 4.78 is 1.80. The number of amides is 1. The van der Waals surface area contributed by atoms with Crippen LogP contribution in [0.25, 0.3) is 0 Å². The van der Waals surface area contributed by atoms with Gasteiger partial charge in [0.15, 0.2) is 0 Å². The zero-order valence-electron chi connectivity index (χ0n) is 13.8. The van der Waals surface area contributed by atoms with Crippen molar-refractivity contribution in [2.75, 3.05) is 26.2 Å². The van der Waals surface area contributed by atoms with E-state index in [0.29, 0.717) is 31.7 Å². The van der Waals surface area contributed by atoms with Crippen molar-refractivity contribution in [1.82, 2.24) is 20.0 Å². The molecule has 1 aromatic carbocycles. The molecule has 0 unspecified atom stereocenters. The second-order valence-electron chi connectivity index (χ2n) is 6.88. The monoisotopic (exact) mass is 340 g/mol.